The minimum Gasteiger partial charge on any atom is -0.297 e. The third kappa shape index (κ3) is 2.11. The smallest absolute Gasteiger partial charge is 0.0234 e. The summed E-state index contributed by atoms with van der Waals surface area (Å²) in [4.78, 5) is 5.44. The van der Waals surface area contributed by atoms with Crippen molar-refractivity contribution in [2.24, 2.45) is 5.92 Å². The molecule has 102 valence electrons. The van der Waals surface area contributed by atoms with Crippen LogP contribution in [0.5, 0.6) is 0 Å². The van der Waals surface area contributed by atoms with Crippen LogP contribution in [-0.2, 0) is 6.54 Å². The molecular formula is C17H24N2. The van der Waals surface area contributed by atoms with Crippen molar-refractivity contribution >= 4 is 0 Å². The first-order chi connectivity index (χ1) is 9.34. The fraction of sp³-hybridized carbons (Fsp3) is 0.647. The van der Waals surface area contributed by atoms with Gasteiger partial charge < -0.3 is 0 Å². The van der Waals surface area contributed by atoms with Crippen LogP contribution in [0.15, 0.2) is 30.3 Å². The zero-order valence-electron chi connectivity index (χ0n) is 11.7. The van der Waals surface area contributed by atoms with Crippen molar-refractivity contribution in [2.45, 2.75) is 37.8 Å². The SMILES string of the molecule is c1ccc(CN2CCN(C34CCC(C3)C4)CC2)cc1. The van der Waals surface area contributed by atoms with Crippen LogP contribution in [0.25, 0.3) is 0 Å². The molecule has 0 unspecified atom stereocenters. The third-order valence-corrected chi connectivity index (χ3v) is 5.65. The van der Waals surface area contributed by atoms with Gasteiger partial charge in [-0.15, -0.1) is 0 Å². The molecule has 3 saturated carbocycles. The van der Waals surface area contributed by atoms with Gasteiger partial charge in [0.25, 0.3) is 0 Å². The van der Waals surface area contributed by atoms with Crippen molar-refractivity contribution in [3.8, 4) is 0 Å². The first-order valence-electron chi connectivity index (χ1n) is 7.85. The van der Waals surface area contributed by atoms with Gasteiger partial charge in [-0.05, 0) is 37.2 Å². The average Bonchev–Trinajstić information content (AvgIpc) is 3.01. The summed E-state index contributed by atoms with van der Waals surface area (Å²) in [6.45, 7) is 6.21. The predicted octanol–water partition coefficient (Wildman–Crippen LogP) is 2.75. The van der Waals surface area contributed by atoms with Gasteiger partial charge in [0.05, 0.1) is 0 Å². The number of fused-ring (bicyclic) bond motifs is 1. The van der Waals surface area contributed by atoms with Crippen LogP contribution < -0.4 is 0 Å². The molecule has 0 radical (unpaired) electrons. The van der Waals surface area contributed by atoms with Gasteiger partial charge in [-0.3, -0.25) is 9.80 Å². The lowest BCUT2D eigenvalue weighted by atomic mass is 9.75. The van der Waals surface area contributed by atoms with Crippen LogP contribution in [0.4, 0.5) is 0 Å². The lowest BCUT2D eigenvalue weighted by Crippen LogP contribution is -2.58. The van der Waals surface area contributed by atoms with E-state index in [0.717, 1.165) is 12.5 Å². The van der Waals surface area contributed by atoms with Gasteiger partial charge in [0.1, 0.15) is 0 Å². The molecule has 1 aromatic rings. The Bertz CT molecular complexity index is 422. The number of rotatable bonds is 3. The molecule has 0 N–H and O–H groups in total. The van der Waals surface area contributed by atoms with E-state index < -0.39 is 0 Å². The topological polar surface area (TPSA) is 6.48 Å². The molecule has 4 fully saturated rings. The number of nitrogens with zero attached hydrogens (tertiary/aromatic N) is 2. The maximum atomic E-state index is 2.82. The monoisotopic (exact) mass is 256 g/mol. The minimum atomic E-state index is 0.656. The summed E-state index contributed by atoms with van der Waals surface area (Å²) in [6.07, 6.45) is 6.00. The largest absolute Gasteiger partial charge is 0.297 e. The van der Waals surface area contributed by atoms with Crippen molar-refractivity contribution in [3.63, 3.8) is 0 Å². The second kappa shape index (κ2) is 4.60. The van der Waals surface area contributed by atoms with Crippen molar-refractivity contribution in [3.05, 3.63) is 35.9 Å². The summed E-state index contributed by atoms with van der Waals surface area (Å²) in [5.74, 6) is 1.09. The van der Waals surface area contributed by atoms with Crippen LogP contribution >= 0.6 is 0 Å². The molecule has 2 nitrogen and oxygen atoms in total. The van der Waals surface area contributed by atoms with Crippen LogP contribution in [0, 0.1) is 5.92 Å². The van der Waals surface area contributed by atoms with Crippen molar-refractivity contribution in [1.29, 1.82) is 0 Å². The molecular weight excluding hydrogens is 232 g/mol. The Morgan fingerprint density at radius 2 is 1.74 bits per heavy atom. The standard InChI is InChI=1S/C17H24N2/c1-2-4-15(5-3-1)14-18-8-10-19(11-9-18)17-7-6-16(12-17)13-17/h1-5,16H,6-14H2. The van der Waals surface area contributed by atoms with Gasteiger partial charge in [-0.1, -0.05) is 30.3 Å². The normalized spacial score (nSPS) is 35.3. The Morgan fingerprint density at radius 1 is 1.00 bits per heavy atom. The molecule has 0 spiro atoms. The van der Waals surface area contributed by atoms with E-state index in [0.29, 0.717) is 5.54 Å². The molecule has 0 amide bonds. The highest BCUT2D eigenvalue weighted by atomic mass is 15.3. The van der Waals surface area contributed by atoms with E-state index in [1.165, 1.54) is 57.4 Å². The minimum absolute atomic E-state index is 0.656. The molecule has 1 saturated heterocycles. The zero-order chi connectivity index (χ0) is 12.7. The van der Waals surface area contributed by atoms with Gasteiger partial charge >= 0.3 is 0 Å². The Labute approximate surface area is 116 Å². The lowest BCUT2D eigenvalue weighted by Gasteiger charge is -2.51. The van der Waals surface area contributed by atoms with Crippen molar-refractivity contribution in [1.82, 2.24) is 9.80 Å². The number of piperazine rings is 1. The van der Waals surface area contributed by atoms with E-state index in [1.807, 2.05) is 0 Å². The van der Waals surface area contributed by atoms with Crippen molar-refractivity contribution < 1.29 is 0 Å². The predicted molar refractivity (Wildman–Crippen MR) is 78.0 cm³/mol. The van der Waals surface area contributed by atoms with Gasteiger partial charge in [0.15, 0.2) is 0 Å². The van der Waals surface area contributed by atoms with E-state index in [1.54, 1.807) is 0 Å². The van der Waals surface area contributed by atoms with E-state index in [4.69, 9.17) is 0 Å². The molecule has 1 aliphatic heterocycles. The van der Waals surface area contributed by atoms with E-state index in [-0.39, 0.29) is 0 Å². The first kappa shape index (κ1) is 11.9. The molecule has 2 heteroatoms. The highest BCUT2D eigenvalue weighted by molar-refractivity contribution is 5.15. The third-order valence-electron chi connectivity index (χ3n) is 5.65. The van der Waals surface area contributed by atoms with Crippen LogP contribution in [-0.4, -0.2) is 41.5 Å². The van der Waals surface area contributed by atoms with Gasteiger partial charge in [-0.2, -0.15) is 0 Å². The Kier molecular flexibility index (Phi) is 2.89. The fourth-order valence-corrected chi connectivity index (χ4v) is 4.53. The summed E-state index contributed by atoms with van der Waals surface area (Å²) in [5.41, 5.74) is 2.11. The van der Waals surface area contributed by atoms with E-state index >= 15 is 0 Å². The Morgan fingerprint density at radius 3 is 2.37 bits per heavy atom. The maximum Gasteiger partial charge on any atom is 0.0234 e. The maximum absolute atomic E-state index is 2.82. The fourth-order valence-electron chi connectivity index (χ4n) is 4.53. The van der Waals surface area contributed by atoms with Gasteiger partial charge in [0, 0.05) is 38.3 Å². The van der Waals surface area contributed by atoms with E-state index in [2.05, 4.69) is 40.1 Å². The van der Waals surface area contributed by atoms with Crippen LogP contribution in [0.2, 0.25) is 0 Å². The van der Waals surface area contributed by atoms with Crippen LogP contribution in [0.3, 0.4) is 0 Å². The quantitative estimate of drug-likeness (QED) is 0.820. The zero-order valence-corrected chi connectivity index (χ0v) is 11.7. The molecule has 0 atom stereocenters. The summed E-state index contributed by atoms with van der Waals surface area (Å²) in [6, 6.07) is 10.9. The Hall–Kier alpha value is -0.860. The second-order valence-corrected chi connectivity index (χ2v) is 6.79. The highest BCUT2D eigenvalue weighted by Gasteiger charge is 2.53. The molecule has 3 aliphatic carbocycles. The Balaban J connectivity index is 1.33. The summed E-state index contributed by atoms with van der Waals surface area (Å²) in [7, 11) is 0. The highest BCUT2D eigenvalue weighted by Crippen LogP contribution is 2.55. The number of benzene rings is 1. The molecule has 2 bridgehead atoms. The molecule has 5 rings (SSSR count). The van der Waals surface area contributed by atoms with Gasteiger partial charge in [-0.25, -0.2) is 0 Å². The first-order valence-corrected chi connectivity index (χ1v) is 7.85. The molecule has 4 aliphatic rings. The summed E-state index contributed by atoms with van der Waals surface area (Å²) < 4.78 is 0. The molecule has 1 heterocycles. The molecule has 1 aromatic carbocycles. The summed E-state index contributed by atoms with van der Waals surface area (Å²) >= 11 is 0. The van der Waals surface area contributed by atoms with Crippen LogP contribution in [0.1, 0.15) is 31.2 Å². The second-order valence-electron chi connectivity index (χ2n) is 6.79. The molecule has 0 aromatic heterocycles. The molecule has 19 heavy (non-hydrogen) atoms. The number of hydrogen-bond donors (Lipinski definition) is 0. The van der Waals surface area contributed by atoms with Crippen molar-refractivity contribution in [2.75, 3.05) is 26.2 Å². The average molecular weight is 256 g/mol. The number of hydrogen-bond acceptors (Lipinski definition) is 2. The summed E-state index contributed by atoms with van der Waals surface area (Å²) in [5, 5.41) is 0. The van der Waals surface area contributed by atoms with Gasteiger partial charge in [0.2, 0.25) is 0 Å². The van der Waals surface area contributed by atoms with E-state index in [9.17, 15) is 0 Å². The lowest BCUT2D eigenvalue weighted by molar-refractivity contribution is -0.0115.